The fourth-order valence-corrected chi connectivity index (χ4v) is 1.97. The molecule has 2 amide bonds. The summed E-state index contributed by atoms with van der Waals surface area (Å²) in [5, 5.41) is 11.8. The molecule has 0 aromatic heterocycles. The first-order valence-electron chi connectivity index (χ1n) is 5.75. The average molecular weight is 261 g/mol. The van der Waals surface area contributed by atoms with Crippen LogP contribution in [0, 0.1) is 17.1 Å². The summed E-state index contributed by atoms with van der Waals surface area (Å²) >= 11 is 0. The third-order valence-electron chi connectivity index (χ3n) is 3.11. The third-order valence-corrected chi connectivity index (χ3v) is 3.11. The van der Waals surface area contributed by atoms with E-state index in [0.29, 0.717) is 11.1 Å². The summed E-state index contributed by atoms with van der Waals surface area (Å²) < 4.78 is 13.1. The van der Waals surface area contributed by atoms with Crippen LogP contribution in [0.4, 0.5) is 4.39 Å². The number of nitrogens with zero attached hydrogens (tertiary/aromatic N) is 2. The number of nitrogens with one attached hydrogen (secondary N) is 1. The second-order valence-corrected chi connectivity index (χ2v) is 4.34. The largest absolute Gasteiger partial charge is 0.301 e. The van der Waals surface area contributed by atoms with Crippen LogP contribution in [0.2, 0.25) is 0 Å². The molecule has 1 saturated heterocycles. The Kier molecular flexibility index (Phi) is 3.58. The van der Waals surface area contributed by atoms with Crippen molar-refractivity contribution in [2.75, 3.05) is 7.05 Å². The second kappa shape index (κ2) is 5.16. The predicted octanol–water partition coefficient (Wildman–Crippen LogP) is 0.544. The lowest BCUT2D eigenvalue weighted by molar-refractivity contribution is -0.137. The minimum absolute atomic E-state index is 0.0898. The number of carbonyl (C=O) groups excluding carboxylic acids is 2. The summed E-state index contributed by atoms with van der Waals surface area (Å²) in [7, 11) is 1.43. The van der Waals surface area contributed by atoms with Crippen molar-refractivity contribution in [1.82, 2.24) is 10.2 Å². The molecule has 2 rings (SSSR count). The number of imide groups is 1. The van der Waals surface area contributed by atoms with Gasteiger partial charge in [-0.2, -0.15) is 5.26 Å². The lowest BCUT2D eigenvalue weighted by Gasteiger charge is -2.11. The van der Waals surface area contributed by atoms with Crippen LogP contribution in [-0.2, 0) is 16.1 Å². The van der Waals surface area contributed by atoms with Gasteiger partial charge in [0, 0.05) is 13.6 Å². The molecule has 1 unspecified atom stereocenters. The number of nitriles is 1. The molecule has 1 N–H and O–H groups in total. The molecule has 1 aromatic rings. The summed E-state index contributed by atoms with van der Waals surface area (Å²) in [6.07, 6.45) is 0.0898. The van der Waals surface area contributed by atoms with Crippen LogP contribution in [0.5, 0.6) is 0 Å². The zero-order valence-electron chi connectivity index (χ0n) is 10.3. The van der Waals surface area contributed by atoms with Crippen molar-refractivity contribution in [3.8, 4) is 6.07 Å². The van der Waals surface area contributed by atoms with Crippen LogP contribution in [0.3, 0.4) is 0 Å². The van der Waals surface area contributed by atoms with Crippen LogP contribution >= 0.6 is 0 Å². The highest BCUT2D eigenvalue weighted by Gasteiger charge is 2.35. The van der Waals surface area contributed by atoms with Crippen LogP contribution in [0.15, 0.2) is 18.2 Å². The van der Waals surface area contributed by atoms with Crippen molar-refractivity contribution in [2.24, 2.45) is 0 Å². The molecule has 0 aliphatic carbocycles. The number of carbonyl (C=O) groups is 2. The van der Waals surface area contributed by atoms with E-state index in [4.69, 9.17) is 5.26 Å². The van der Waals surface area contributed by atoms with Crippen LogP contribution in [-0.4, -0.2) is 29.8 Å². The number of halogens is 1. The van der Waals surface area contributed by atoms with Gasteiger partial charge < -0.3 is 5.32 Å². The quantitative estimate of drug-likeness (QED) is 0.806. The molecule has 0 spiro atoms. The summed E-state index contributed by atoms with van der Waals surface area (Å²) in [4.78, 5) is 24.1. The van der Waals surface area contributed by atoms with E-state index in [1.165, 1.54) is 25.2 Å². The summed E-state index contributed by atoms with van der Waals surface area (Å²) in [6.45, 7) is 0.165. The van der Waals surface area contributed by atoms with Gasteiger partial charge in [0.1, 0.15) is 5.82 Å². The Morgan fingerprint density at radius 3 is 2.84 bits per heavy atom. The van der Waals surface area contributed by atoms with Gasteiger partial charge >= 0.3 is 0 Å². The van der Waals surface area contributed by atoms with Gasteiger partial charge in [0.15, 0.2) is 0 Å². The van der Waals surface area contributed by atoms with Crippen LogP contribution < -0.4 is 5.32 Å². The van der Waals surface area contributed by atoms with Gasteiger partial charge in [-0.1, -0.05) is 0 Å². The van der Waals surface area contributed by atoms with Crippen molar-refractivity contribution in [3.63, 3.8) is 0 Å². The first-order valence-corrected chi connectivity index (χ1v) is 5.75. The molecule has 5 nitrogen and oxygen atoms in total. The molecule has 1 atom stereocenters. The molecular formula is C13H12FN3O2. The summed E-state index contributed by atoms with van der Waals surface area (Å²) in [5.74, 6) is -0.996. The first kappa shape index (κ1) is 13.2. The average Bonchev–Trinajstić information content (AvgIpc) is 2.64. The SMILES string of the molecule is CN1C(=O)CC(NCc2cc(F)ccc2C#N)C1=O. The lowest BCUT2D eigenvalue weighted by atomic mass is 10.1. The number of likely N-dealkylation sites (N-methyl/N-ethyl adjacent to an activating group) is 1. The molecule has 6 heteroatoms. The Morgan fingerprint density at radius 1 is 1.53 bits per heavy atom. The molecule has 0 radical (unpaired) electrons. The Balaban J connectivity index is 2.08. The fourth-order valence-electron chi connectivity index (χ4n) is 1.97. The first-order chi connectivity index (χ1) is 9.02. The molecule has 1 aromatic carbocycles. The highest BCUT2D eigenvalue weighted by molar-refractivity contribution is 6.05. The predicted molar refractivity (Wildman–Crippen MR) is 64.1 cm³/mol. The Bertz CT molecular complexity index is 580. The molecule has 0 saturated carbocycles. The molecule has 98 valence electrons. The van der Waals surface area contributed by atoms with Crippen molar-refractivity contribution in [3.05, 3.63) is 35.1 Å². The maximum absolute atomic E-state index is 13.1. The minimum atomic E-state index is -0.604. The topological polar surface area (TPSA) is 73.2 Å². The van der Waals surface area contributed by atoms with Gasteiger partial charge in [-0.15, -0.1) is 0 Å². The lowest BCUT2D eigenvalue weighted by Crippen LogP contribution is -2.36. The number of hydrogen-bond donors (Lipinski definition) is 1. The standard InChI is InChI=1S/C13H12FN3O2/c1-17-12(18)5-11(13(17)19)16-7-9-4-10(14)3-2-8(9)6-15/h2-4,11,16H,5,7H2,1H3. The number of rotatable bonds is 3. The zero-order valence-corrected chi connectivity index (χ0v) is 10.3. The number of benzene rings is 1. The fraction of sp³-hybridized carbons (Fsp3) is 0.308. The molecule has 19 heavy (non-hydrogen) atoms. The zero-order chi connectivity index (χ0) is 14.0. The maximum atomic E-state index is 13.1. The molecule has 0 bridgehead atoms. The monoisotopic (exact) mass is 261 g/mol. The number of amides is 2. The second-order valence-electron chi connectivity index (χ2n) is 4.34. The molecule has 1 heterocycles. The van der Waals surface area contributed by atoms with Gasteiger partial charge in [0.05, 0.1) is 24.1 Å². The van der Waals surface area contributed by atoms with Gasteiger partial charge in [0.25, 0.3) is 0 Å². The van der Waals surface area contributed by atoms with Gasteiger partial charge in [-0.3, -0.25) is 14.5 Å². The van der Waals surface area contributed by atoms with E-state index >= 15 is 0 Å². The normalized spacial score (nSPS) is 18.8. The van der Waals surface area contributed by atoms with Gasteiger partial charge in [-0.25, -0.2) is 4.39 Å². The molecule has 1 fully saturated rings. The van der Waals surface area contributed by atoms with E-state index in [1.807, 2.05) is 6.07 Å². The third kappa shape index (κ3) is 2.61. The Labute approximate surface area is 109 Å². The van der Waals surface area contributed by atoms with Crippen molar-refractivity contribution in [1.29, 1.82) is 5.26 Å². The van der Waals surface area contributed by atoms with E-state index in [2.05, 4.69) is 5.32 Å². The summed E-state index contributed by atoms with van der Waals surface area (Å²) in [6, 6.07) is 5.20. The van der Waals surface area contributed by atoms with E-state index in [0.717, 1.165) is 4.90 Å². The number of hydrogen-bond acceptors (Lipinski definition) is 4. The van der Waals surface area contributed by atoms with Crippen LogP contribution in [0.25, 0.3) is 0 Å². The van der Waals surface area contributed by atoms with Gasteiger partial charge in [-0.05, 0) is 23.8 Å². The van der Waals surface area contributed by atoms with Crippen LogP contribution in [0.1, 0.15) is 17.5 Å². The Hall–Kier alpha value is -2.26. The molecule has 1 aliphatic heterocycles. The Morgan fingerprint density at radius 2 is 2.26 bits per heavy atom. The number of likely N-dealkylation sites (tertiary alicyclic amines) is 1. The smallest absolute Gasteiger partial charge is 0.246 e. The van der Waals surface area contributed by atoms with E-state index in [-0.39, 0.29) is 24.8 Å². The summed E-state index contributed by atoms with van der Waals surface area (Å²) in [5.41, 5.74) is 0.816. The van der Waals surface area contributed by atoms with E-state index in [1.54, 1.807) is 0 Å². The van der Waals surface area contributed by atoms with E-state index < -0.39 is 11.9 Å². The van der Waals surface area contributed by atoms with Crippen molar-refractivity contribution in [2.45, 2.75) is 19.0 Å². The molecule has 1 aliphatic rings. The highest BCUT2D eigenvalue weighted by atomic mass is 19.1. The maximum Gasteiger partial charge on any atom is 0.246 e. The minimum Gasteiger partial charge on any atom is -0.301 e. The van der Waals surface area contributed by atoms with Crippen molar-refractivity contribution >= 4 is 11.8 Å². The van der Waals surface area contributed by atoms with Gasteiger partial charge in [0.2, 0.25) is 11.8 Å². The van der Waals surface area contributed by atoms with Crippen molar-refractivity contribution < 1.29 is 14.0 Å². The highest BCUT2D eigenvalue weighted by Crippen LogP contribution is 2.14. The molecular weight excluding hydrogens is 249 g/mol. The van der Waals surface area contributed by atoms with E-state index in [9.17, 15) is 14.0 Å².